The fourth-order valence-corrected chi connectivity index (χ4v) is 3.67. The molecule has 2 heterocycles. The average Bonchev–Trinajstić information content (AvgIpc) is 3.26. The molecule has 0 bridgehead atoms. The van der Waals surface area contributed by atoms with Crippen molar-refractivity contribution in [3.8, 4) is 5.75 Å². The van der Waals surface area contributed by atoms with Crippen molar-refractivity contribution in [2.75, 3.05) is 40.4 Å². The molecule has 7 nitrogen and oxygen atoms in total. The average molecular weight is 513 g/mol. The molecule has 3 rings (SSSR count). The van der Waals surface area contributed by atoms with Crippen molar-refractivity contribution in [3.05, 3.63) is 48.5 Å². The second kappa shape index (κ2) is 12.0. The molecule has 1 aromatic heterocycles. The van der Waals surface area contributed by atoms with Gasteiger partial charge in [0.25, 0.3) is 0 Å². The second-order valence-electron chi connectivity index (χ2n) is 7.13. The van der Waals surface area contributed by atoms with Gasteiger partial charge in [-0.3, -0.25) is 4.99 Å². The normalized spacial score (nSPS) is 19.6. The highest BCUT2D eigenvalue weighted by Crippen LogP contribution is 2.27. The van der Waals surface area contributed by atoms with E-state index in [0.29, 0.717) is 31.7 Å². The highest BCUT2D eigenvalue weighted by molar-refractivity contribution is 14.0. The first-order valence-electron chi connectivity index (χ1n) is 9.85. The van der Waals surface area contributed by atoms with Crippen molar-refractivity contribution in [2.45, 2.75) is 26.0 Å². The summed E-state index contributed by atoms with van der Waals surface area (Å²) in [6, 6.07) is 8.35. The molecule has 8 heteroatoms. The molecule has 0 amide bonds. The minimum Gasteiger partial charge on any atom is -0.496 e. The smallest absolute Gasteiger partial charge is 0.193 e. The van der Waals surface area contributed by atoms with Crippen LogP contribution in [0.25, 0.3) is 0 Å². The molecule has 2 atom stereocenters. The van der Waals surface area contributed by atoms with E-state index in [4.69, 9.17) is 9.47 Å². The zero-order valence-corrected chi connectivity index (χ0v) is 19.8. The van der Waals surface area contributed by atoms with E-state index in [1.807, 2.05) is 50.0 Å². The van der Waals surface area contributed by atoms with Crippen molar-refractivity contribution in [3.63, 3.8) is 0 Å². The largest absolute Gasteiger partial charge is 0.496 e. The lowest BCUT2D eigenvalue weighted by Crippen LogP contribution is -2.49. The van der Waals surface area contributed by atoms with Crippen molar-refractivity contribution in [1.82, 2.24) is 19.8 Å². The van der Waals surface area contributed by atoms with Crippen molar-refractivity contribution in [1.29, 1.82) is 0 Å². The van der Waals surface area contributed by atoms with Gasteiger partial charge in [0.05, 0.1) is 32.7 Å². The highest BCUT2D eigenvalue weighted by atomic mass is 127. The number of hydrogen-bond donors (Lipinski definition) is 1. The summed E-state index contributed by atoms with van der Waals surface area (Å²) in [7, 11) is 3.52. The first-order chi connectivity index (χ1) is 13.7. The van der Waals surface area contributed by atoms with Gasteiger partial charge in [0.1, 0.15) is 5.75 Å². The third kappa shape index (κ3) is 6.33. The van der Waals surface area contributed by atoms with Crippen molar-refractivity contribution in [2.24, 2.45) is 10.9 Å². The number of hydrogen-bond acceptors (Lipinski definition) is 4. The summed E-state index contributed by atoms with van der Waals surface area (Å²) in [5.74, 6) is 2.41. The first kappa shape index (κ1) is 23.5. The Morgan fingerprint density at radius 1 is 1.34 bits per heavy atom. The molecule has 1 aromatic carbocycles. The Morgan fingerprint density at radius 3 is 2.90 bits per heavy atom. The van der Waals surface area contributed by atoms with E-state index in [1.54, 1.807) is 7.11 Å². The van der Waals surface area contributed by atoms with Crippen LogP contribution in [0.2, 0.25) is 0 Å². The van der Waals surface area contributed by atoms with Gasteiger partial charge in [-0.2, -0.15) is 0 Å². The van der Waals surface area contributed by atoms with Crippen LogP contribution in [0.1, 0.15) is 24.9 Å². The van der Waals surface area contributed by atoms with Crippen LogP contribution in [0.3, 0.4) is 0 Å². The standard InChI is InChI=1S/C21H31N5O2.HI/c1-17-8-11-25(14-19(17)26-12-9-23-16-26)21(22-2)24-10-13-28-15-18-6-4-5-7-20(18)27-3;/h4-7,9,12,16-17,19H,8,10-11,13-15H2,1-3H3,(H,22,24);1H. The van der Waals surface area contributed by atoms with Crippen LogP contribution in [-0.4, -0.2) is 60.8 Å². The molecule has 0 saturated carbocycles. The Morgan fingerprint density at radius 2 is 2.17 bits per heavy atom. The molecule has 1 aliphatic rings. The summed E-state index contributed by atoms with van der Waals surface area (Å²) in [4.78, 5) is 11.0. The van der Waals surface area contributed by atoms with Crippen LogP contribution < -0.4 is 10.1 Å². The Labute approximate surface area is 190 Å². The van der Waals surface area contributed by atoms with E-state index in [0.717, 1.165) is 36.8 Å². The Balaban J connectivity index is 0.00000300. The molecule has 2 aromatic rings. The van der Waals surface area contributed by atoms with Gasteiger partial charge in [0, 0.05) is 44.6 Å². The van der Waals surface area contributed by atoms with Gasteiger partial charge in [0.15, 0.2) is 5.96 Å². The summed E-state index contributed by atoms with van der Waals surface area (Å²) >= 11 is 0. The van der Waals surface area contributed by atoms with Gasteiger partial charge < -0.3 is 24.3 Å². The minimum atomic E-state index is 0. The van der Waals surface area contributed by atoms with Crippen molar-refractivity contribution >= 4 is 29.9 Å². The Bertz CT molecular complexity index is 753. The number of rotatable bonds is 7. The van der Waals surface area contributed by atoms with Gasteiger partial charge in [-0.15, -0.1) is 24.0 Å². The number of benzene rings is 1. The summed E-state index contributed by atoms with van der Waals surface area (Å²) < 4.78 is 13.4. The fourth-order valence-electron chi connectivity index (χ4n) is 3.67. The van der Waals surface area contributed by atoms with Gasteiger partial charge >= 0.3 is 0 Å². The van der Waals surface area contributed by atoms with Crippen LogP contribution in [0.5, 0.6) is 5.75 Å². The number of halogens is 1. The monoisotopic (exact) mass is 513 g/mol. The number of methoxy groups -OCH3 is 1. The number of aliphatic imine (C=N–C) groups is 1. The van der Waals surface area contributed by atoms with E-state index < -0.39 is 0 Å². The predicted octanol–water partition coefficient (Wildman–Crippen LogP) is 3.18. The molecular formula is C21H32IN5O2. The van der Waals surface area contributed by atoms with Crippen LogP contribution in [0, 0.1) is 5.92 Å². The number of aromatic nitrogens is 2. The molecule has 1 saturated heterocycles. The number of nitrogens with zero attached hydrogens (tertiary/aromatic N) is 4. The maximum Gasteiger partial charge on any atom is 0.193 e. The van der Waals surface area contributed by atoms with E-state index in [9.17, 15) is 0 Å². The van der Waals surface area contributed by atoms with Crippen LogP contribution in [0.15, 0.2) is 48.0 Å². The highest BCUT2D eigenvalue weighted by Gasteiger charge is 2.28. The molecule has 0 aliphatic carbocycles. The zero-order chi connectivity index (χ0) is 19.8. The lowest BCUT2D eigenvalue weighted by molar-refractivity contribution is 0.122. The minimum absolute atomic E-state index is 0. The second-order valence-corrected chi connectivity index (χ2v) is 7.13. The van der Waals surface area contributed by atoms with E-state index in [-0.39, 0.29) is 24.0 Å². The summed E-state index contributed by atoms with van der Waals surface area (Å²) in [5, 5.41) is 3.43. The molecular weight excluding hydrogens is 481 g/mol. The number of ether oxygens (including phenoxy) is 2. The van der Waals surface area contributed by atoms with Crippen LogP contribution >= 0.6 is 24.0 Å². The number of guanidine groups is 1. The SMILES string of the molecule is CN=C(NCCOCc1ccccc1OC)N1CCC(C)C(n2ccnc2)C1.I. The van der Waals surface area contributed by atoms with E-state index >= 15 is 0 Å². The summed E-state index contributed by atoms with van der Waals surface area (Å²) in [6.45, 7) is 6.10. The van der Waals surface area contributed by atoms with Gasteiger partial charge in [-0.05, 0) is 18.4 Å². The number of para-hydroxylation sites is 1. The zero-order valence-electron chi connectivity index (χ0n) is 17.5. The molecule has 160 valence electrons. The molecule has 0 radical (unpaired) electrons. The third-order valence-electron chi connectivity index (χ3n) is 5.32. The fraction of sp³-hybridized carbons (Fsp3) is 0.524. The first-order valence-corrected chi connectivity index (χ1v) is 9.85. The van der Waals surface area contributed by atoms with Crippen LogP contribution in [-0.2, 0) is 11.3 Å². The number of likely N-dealkylation sites (tertiary alicyclic amines) is 1. The maximum atomic E-state index is 5.81. The third-order valence-corrected chi connectivity index (χ3v) is 5.32. The van der Waals surface area contributed by atoms with Crippen molar-refractivity contribution < 1.29 is 9.47 Å². The van der Waals surface area contributed by atoms with E-state index in [2.05, 4.69) is 31.7 Å². The molecule has 1 fully saturated rings. The molecule has 29 heavy (non-hydrogen) atoms. The Kier molecular flexibility index (Phi) is 9.72. The summed E-state index contributed by atoms with van der Waals surface area (Å²) in [5.41, 5.74) is 1.06. The number of piperidine rings is 1. The van der Waals surface area contributed by atoms with Gasteiger partial charge in [-0.1, -0.05) is 25.1 Å². The predicted molar refractivity (Wildman–Crippen MR) is 126 cm³/mol. The topological polar surface area (TPSA) is 63.9 Å². The maximum absolute atomic E-state index is 5.81. The number of imidazole rings is 1. The Hall–Kier alpha value is -1.81. The molecule has 2 unspecified atom stereocenters. The lowest BCUT2D eigenvalue weighted by Gasteiger charge is -2.39. The summed E-state index contributed by atoms with van der Waals surface area (Å²) in [6.07, 6.45) is 6.94. The van der Waals surface area contributed by atoms with Gasteiger partial charge in [-0.25, -0.2) is 4.98 Å². The molecule has 0 spiro atoms. The lowest BCUT2D eigenvalue weighted by atomic mass is 9.93. The quantitative estimate of drug-likeness (QED) is 0.267. The molecule has 1 aliphatic heterocycles. The van der Waals surface area contributed by atoms with Crippen LogP contribution in [0.4, 0.5) is 0 Å². The number of nitrogens with one attached hydrogen (secondary N) is 1. The van der Waals surface area contributed by atoms with E-state index in [1.165, 1.54) is 0 Å². The van der Waals surface area contributed by atoms with Gasteiger partial charge in [0.2, 0.25) is 0 Å². The molecule has 1 N–H and O–H groups in total.